The molecular weight excluding hydrogens is 434 g/mol. The van der Waals surface area contributed by atoms with Crippen LogP contribution in [0.3, 0.4) is 0 Å². The second-order valence-corrected chi connectivity index (χ2v) is 10.1. The van der Waals surface area contributed by atoms with E-state index in [-0.39, 0.29) is 4.90 Å². The fraction of sp³-hybridized carbons (Fsp3) is 0.120. The molecule has 0 radical (unpaired) electrons. The van der Waals surface area contributed by atoms with Crippen LogP contribution in [0.4, 0.5) is 11.4 Å². The summed E-state index contributed by atoms with van der Waals surface area (Å²) in [6, 6.07) is 17.3. The van der Waals surface area contributed by atoms with Crippen LogP contribution in [-0.2, 0) is 23.4 Å². The summed E-state index contributed by atoms with van der Waals surface area (Å²) in [6.07, 6.45) is 6.54. The van der Waals surface area contributed by atoms with Gasteiger partial charge in [0.15, 0.2) is 9.84 Å². The summed E-state index contributed by atoms with van der Waals surface area (Å²) in [4.78, 5) is 9.28. The van der Waals surface area contributed by atoms with Gasteiger partial charge in [0.2, 0.25) is 0 Å². The summed E-state index contributed by atoms with van der Waals surface area (Å²) in [7, 11) is -1.42. The van der Waals surface area contributed by atoms with Gasteiger partial charge in [-0.3, -0.25) is 9.97 Å². The number of sulfone groups is 1. The first-order valence-electron chi connectivity index (χ1n) is 10.4. The largest absolute Gasteiger partial charge is 0.354 e. The molecule has 0 aliphatic carbocycles. The summed E-state index contributed by atoms with van der Waals surface area (Å²) in [5, 5.41) is 4.42. The number of aryl methyl sites for hydroxylation is 1. The van der Waals surface area contributed by atoms with Gasteiger partial charge in [0.1, 0.15) is 0 Å². The number of nitrogens with one attached hydrogen (secondary N) is 1. The van der Waals surface area contributed by atoms with E-state index in [4.69, 9.17) is 5.73 Å². The van der Waals surface area contributed by atoms with Crippen molar-refractivity contribution in [2.75, 3.05) is 11.6 Å². The average molecular weight is 458 g/mol. The maximum Gasteiger partial charge on any atom is 0.177 e. The molecule has 2 heterocycles. The Hall–Kier alpha value is -3.75. The number of aromatic nitrogens is 3. The van der Waals surface area contributed by atoms with Crippen molar-refractivity contribution in [2.45, 2.75) is 11.4 Å². The summed E-state index contributed by atoms with van der Waals surface area (Å²) in [5.41, 5.74) is 12.4. The molecule has 0 saturated heterocycles. The van der Waals surface area contributed by atoms with Gasteiger partial charge in [-0.2, -0.15) is 0 Å². The van der Waals surface area contributed by atoms with E-state index >= 15 is 0 Å². The summed E-state index contributed by atoms with van der Waals surface area (Å²) < 4.78 is 26.8. The zero-order chi connectivity index (χ0) is 23.2. The topological polar surface area (TPSA) is 103 Å². The Morgan fingerprint density at radius 2 is 1.82 bits per heavy atom. The molecule has 0 aliphatic rings. The first-order chi connectivity index (χ1) is 15.8. The van der Waals surface area contributed by atoms with Gasteiger partial charge in [-0.1, -0.05) is 12.1 Å². The van der Waals surface area contributed by atoms with Crippen LogP contribution in [0.5, 0.6) is 0 Å². The van der Waals surface area contributed by atoms with Crippen LogP contribution in [0.15, 0.2) is 78.1 Å². The third-order valence-electron chi connectivity index (χ3n) is 5.73. The minimum Gasteiger partial charge on any atom is -0.354 e. The lowest BCUT2D eigenvalue weighted by molar-refractivity contribution is 0.602. The molecule has 0 fully saturated rings. The molecule has 2 aromatic heterocycles. The van der Waals surface area contributed by atoms with Crippen molar-refractivity contribution in [3.8, 4) is 11.1 Å². The van der Waals surface area contributed by atoms with E-state index < -0.39 is 9.84 Å². The molecule has 0 saturated carbocycles. The summed E-state index contributed by atoms with van der Waals surface area (Å²) >= 11 is 0. The molecule has 5 aromatic rings. The van der Waals surface area contributed by atoms with Crippen molar-refractivity contribution < 1.29 is 8.42 Å². The third kappa shape index (κ3) is 3.94. The monoisotopic (exact) mass is 457 g/mol. The van der Waals surface area contributed by atoms with Crippen molar-refractivity contribution >= 4 is 43.1 Å². The van der Waals surface area contributed by atoms with Crippen LogP contribution in [0.1, 0.15) is 5.56 Å². The molecule has 3 aromatic carbocycles. The Bertz CT molecular complexity index is 1620. The second-order valence-electron chi connectivity index (χ2n) is 8.08. The van der Waals surface area contributed by atoms with E-state index in [9.17, 15) is 8.42 Å². The van der Waals surface area contributed by atoms with E-state index in [1.165, 1.54) is 6.26 Å². The summed E-state index contributed by atoms with van der Waals surface area (Å²) in [6.45, 7) is 0.310. The minimum absolute atomic E-state index is 0.214. The predicted molar refractivity (Wildman–Crippen MR) is 132 cm³/mol. The molecule has 166 valence electrons. The van der Waals surface area contributed by atoms with Gasteiger partial charge in [0.25, 0.3) is 0 Å². The van der Waals surface area contributed by atoms with Crippen molar-refractivity contribution in [1.82, 2.24) is 14.5 Å². The predicted octanol–water partition coefficient (Wildman–Crippen LogP) is 4.39. The highest BCUT2D eigenvalue weighted by Gasteiger charge is 2.16. The van der Waals surface area contributed by atoms with Crippen molar-refractivity contribution in [1.29, 1.82) is 0 Å². The van der Waals surface area contributed by atoms with E-state index in [1.54, 1.807) is 30.6 Å². The van der Waals surface area contributed by atoms with Gasteiger partial charge >= 0.3 is 0 Å². The molecule has 0 bridgehead atoms. The molecule has 7 nitrogen and oxygen atoms in total. The quantitative estimate of drug-likeness (QED) is 0.406. The van der Waals surface area contributed by atoms with E-state index in [2.05, 4.69) is 44.1 Å². The number of rotatable bonds is 5. The van der Waals surface area contributed by atoms with Crippen LogP contribution >= 0.6 is 0 Å². The molecule has 0 aliphatic heterocycles. The molecule has 0 amide bonds. The van der Waals surface area contributed by atoms with Crippen LogP contribution in [0.25, 0.3) is 33.1 Å². The fourth-order valence-corrected chi connectivity index (χ4v) is 4.92. The minimum atomic E-state index is -3.44. The van der Waals surface area contributed by atoms with Crippen LogP contribution in [-0.4, -0.2) is 29.2 Å². The highest BCUT2D eigenvalue weighted by molar-refractivity contribution is 7.90. The lowest BCUT2D eigenvalue weighted by atomic mass is 10.0. The lowest BCUT2D eigenvalue weighted by Crippen LogP contribution is -2.05. The van der Waals surface area contributed by atoms with E-state index in [0.29, 0.717) is 23.4 Å². The van der Waals surface area contributed by atoms with Crippen LogP contribution in [0.2, 0.25) is 0 Å². The number of anilines is 2. The molecule has 3 N–H and O–H groups in total. The van der Waals surface area contributed by atoms with Crippen molar-refractivity contribution in [2.24, 2.45) is 12.8 Å². The number of benzene rings is 3. The fourth-order valence-electron chi connectivity index (χ4n) is 4.10. The van der Waals surface area contributed by atoms with Crippen LogP contribution in [0, 0.1) is 0 Å². The van der Waals surface area contributed by atoms with Gasteiger partial charge < -0.3 is 15.6 Å². The van der Waals surface area contributed by atoms with Gasteiger partial charge in [0, 0.05) is 60.6 Å². The Kier molecular flexibility index (Phi) is 5.11. The highest BCUT2D eigenvalue weighted by Crippen LogP contribution is 2.34. The maximum atomic E-state index is 12.4. The second kappa shape index (κ2) is 7.99. The zero-order valence-corrected chi connectivity index (χ0v) is 19.1. The van der Waals surface area contributed by atoms with E-state index in [1.807, 2.05) is 25.4 Å². The molecule has 0 unspecified atom stereocenters. The SMILES string of the molecule is Cn1ccc2cc(-c3cc(Nc4cc(CN)ccc4S(C)(=O)=O)cc4nccnc34)ccc21. The first-order valence-corrected chi connectivity index (χ1v) is 12.3. The number of fused-ring (bicyclic) bond motifs is 2. The number of hydrogen-bond acceptors (Lipinski definition) is 6. The standard InChI is InChI=1S/C25H23N5O2S/c1-30-10-7-18-12-17(4-5-23(18)30)20-13-19(14-22-25(20)28-9-8-27-22)29-21-11-16(15-26)3-6-24(21)33(2,31)32/h3-14,29H,15,26H2,1-2H3. The van der Waals surface area contributed by atoms with Gasteiger partial charge in [0.05, 0.1) is 21.6 Å². The average Bonchev–Trinajstić information content (AvgIpc) is 3.17. The Morgan fingerprint density at radius 3 is 2.61 bits per heavy atom. The molecule has 8 heteroatoms. The van der Waals surface area contributed by atoms with Crippen LogP contribution < -0.4 is 11.1 Å². The lowest BCUT2D eigenvalue weighted by Gasteiger charge is -2.15. The third-order valence-corrected chi connectivity index (χ3v) is 6.88. The molecule has 33 heavy (non-hydrogen) atoms. The van der Waals surface area contributed by atoms with Crippen molar-refractivity contribution in [3.63, 3.8) is 0 Å². The molecule has 5 rings (SSSR count). The highest BCUT2D eigenvalue weighted by atomic mass is 32.2. The zero-order valence-electron chi connectivity index (χ0n) is 18.3. The Labute approximate surface area is 191 Å². The van der Waals surface area contributed by atoms with Gasteiger partial charge in [-0.15, -0.1) is 0 Å². The van der Waals surface area contributed by atoms with Gasteiger partial charge in [-0.25, -0.2) is 8.42 Å². The summed E-state index contributed by atoms with van der Waals surface area (Å²) in [5.74, 6) is 0. The van der Waals surface area contributed by atoms with Gasteiger partial charge in [-0.05, 0) is 53.6 Å². The molecular formula is C25H23N5O2S. The number of hydrogen-bond donors (Lipinski definition) is 2. The van der Waals surface area contributed by atoms with E-state index in [0.717, 1.165) is 33.1 Å². The van der Waals surface area contributed by atoms with Crippen molar-refractivity contribution in [3.05, 3.63) is 78.8 Å². The number of nitrogens with zero attached hydrogens (tertiary/aromatic N) is 3. The first kappa shape index (κ1) is 21.1. The molecule has 0 atom stereocenters. The number of nitrogens with two attached hydrogens (primary N) is 1. The smallest absolute Gasteiger partial charge is 0.177 e. The normalized spacial score (nSPS) is 11.8. The Balaban J connectivity index is 1.68. The Morgan fingerprint density at radius 1 is 1.00 bits per heavy atom. The molecule has 0 spiro atoms. The maximum absolute atomic E-state index is 12.4.